The summed E-state index contributed by atoms with van der Waals surface area (Å²) < 4.78 is 22.7. The lowest BCUT2D eigenvalue weighted by molar-refractivity contribution is 0.144. The SMILES string of the molecule is COc1ccc(OC(=O)O)c(-c2ccc(F)cc2)c1. The van der Waals surface area contributed by atoms with E-state index in [1.807, 2.05) is 0 Å². The average molecular weight is 262 g/mol. The highest BCUT2D eigenvalue weighted by Gasteiger charge is 2.11. The van der Waals surface area contributed by atoms with Crippen LogP contribution in [0.4, 0.5) is 9.18 Å². The van der Waals surface area contributed by atoms with Gasteiger partial charge in [0.05, 0.1) is 7.11 Å². The first-order chi connectivity index (χ1) is 9.10. The molecule has 0 amide bonds. The quantitative estimate of drug-likeness (QED) is 0.678. The van der Waals surface area contributed by atoms with Gasteiger partial charge in [-0.25, -0.2) is 9.18 Å². The standard InChI is InChI=1S/C14H11FO4/c1-18-11-6-7-13(19-14(16)17)12(8-11)9-2-4-10(15)5-3-9/h2-8H,1H3,(H,16,17). The Balaban J connectivity index is 2.51. The van der Waals surface area contributed by atoms with Crippen LogP contribution in [0.2, 0.25) is 0 Å². The van der Waals surface area contributed by atoms with Crippen LogP contribution < -0.4 is 9.47 Å². The Hall–Kier alpha value is -2.56. The fourth-order valence-corrected chi connectivity index (χ4v) is 1.67. The first kappa shape index (κ1) is 12.9. The van der Waals surface area contributed by atoms with Gasteiger partial charge >= 0.3 is 6.16 Å². The number of carboxylic acid groups (broad SMARTS) is 1. The molecule has 0 saturated heterocycles. The van der Waals surface area contributed by atoms with E-state index in [9.17, 15) is 9.18 Å². The molecule has 0 aliphatic rings. The third-order valence-electron chi connectivity index (χ3n) is 2.54. The fraction of sp³-hybridized carbons (Fsp3) is 0.0714. The van der Waals surface area contributed by atoms with Gasteiger partial charge in [-0.3, -0.25) is 0 Å². The number of methoxy groups -OCH3 is 1. The molecule has 0 radical (unpaired) electrons. The lowest BCUT2D eigenvalue weighted by atomic mass is 10.0. The van der Waals surface area contributed by atoms with Gasteiger partial charge in [0.15, 0.2) is 0 Å². The molecule has 19 heavy (non-hydrogen) atoms. The van der Waals surface area contributed by atoms with Crippen LogP contribution in [0, 0.1) is 5.82 Å². The predicted octanol–water partition coefficient (Wildman–Crippen LogP) is 3.56. The van der Waals surface area contributed by atoms with E-state index in [1.165, 1.54) is 25.3 Å². The largest absolute Gasteiger partial charge is 0.511 e. The summed E-state index contributed by atoms with van der Waals surface area (Å²) in [5.74, 6) is 0.351. The molecule has 0 aliphatic heterocycles. The molecule has 0 fully saturated rings. The van der Waals surface area contributed by atoms with E-state index in [0.29, 0.717) is 16.9 Å². The summed E-state index contributed by atoms with van der Waals surface area (Å²) in [7, 11) is 1.50. The molecule has 5 heteroatoms. The summed E-state index contributed by atoms with van der Waals surface area (Å²) in [5, 5.41) is 8.70. The summed E-state index contributed by atoms with van der Waals surface area (Å²) in [6.07, 6.45) is -1.41. The Morgan fingerprint density at radius 3 is 2.42 bits per heavy atom. The molecule has 1 N–H and O–H groups in total. The Morgan fingerprint density at radius 1 is 1.16 bits per heavy atom. The average Bonchev–Trinajstić information content (AvgIpc) is 2.40. The van der Waals surface area contributed by atoms with Gasteiger partial charge < -0.3 is 14.6 Å². The van der Waals surface area contributed by atoms with E-state index in [1.54, 1.807) is 24.3 Å². The lowest BCUT2D eigenvalue weighted by Crippen LogP contribution is -2.04. The molecule has 0 bridgehead atoms. The van der Waals surface area contributed by atoms with Gasteiger partial charge in [0.1, 0.15) is 17.3 Å². The van der Waals surface area contributed by atoms with Crippen LogP contribution in [-0.4, -0.2) is 18.4 Å². The van der Waals surface area contributed by atoms with Crippen molar-refractivity contribution in [1.29, 1.82) is 0 Å². The van der Waals surface area contributed by atoms with E-state index in [4.69, 9.17) is 14.6 Å². The molecule has 0 atom stereocenters. The number of hydrogen-bond donors (Lipinski definition) is 1. The van der Waals surface area contributed by atoms with Crippen LogP contribution in [0.25, 0.3) is 11.1 Å². The monoisotopic (exact) mass is 262 g/mol. The van der Waals surface area contributed by atoms with Crippen LogP contribution in [-0.2, 0) is 0 Å². The minimum atomic E-state index is -1.41. The third kappa shape index (κ3) is 3.01. The molecule has 0 aliphatic carbocycles. The topological polar surface area (TPSA) is 55.8 Å². The van der Waals surface area contributed by atoms with E-state index in [2.05, 4.69) is 0 Å². The number of rotatable bonds is 3. The summed E-state index contributed by atoms with van der Waals surface area (Å²) in [6.45, 7) is 0. The van der Waals surface area contributed by atoms with E-state index < -0.39 is 6.16 Å². The molecule has 2 aromatic rings. The highest BCUT2D eigenvalue weighted by Crippen LogP contribution is 2.33. The van der Waals surface area contributed by atoms with E-state index in [0.717, 1.165) is 0 Å². The van der Waals surface area contributed by atoms with Crippen molar-refractivity contribution in [1.82, 2.24) is 0 Å². The maximum atomic E-state index is 12.9. The fourth-order valence-electron chi connectivity index (χ4n) is 1.67. The molecular weight excluding hydrogens is 251 g/mol. The van der Waals surface area contributed by atoms with Crippen molar-refractivity contribution in [3.05, 3.63) is 48.3 Å². The normalized spacial score (nSPS) is 10.0. The second kappa shape index (κ2) is 5.39. The van der Waals surface area contributed by atoms with E-state index >= 15 is 0 Å². The highest BCUT2D eigenvalue weighted by atomic mass is 19.1. The van der Waals surface area contributed by atoms with Gasteiger partial charge in [0, 0.05) is 5.56 Å². The maximum Gasteiger partial charge on any atom is 0.511 e. The summed E-state index contributed by atoms with van der Waals surface area (Å²) in [6, 6.07) is 10.4. The van der Waals surface area contributed by atoms with Crippen molar-refractivity contribution < 1.29 is 23.8 Å². The van der Waals surface area contributed by atoms with Crippen molar-refractivity contribution in [2.75, 3.05) is 7.11 Å². The van der Waals surface area contributed by atoms with Crippen molar-refractivity contribution in [3.8, 4) is 22.6 Å². The summed E-state index contributed by atoms with van der Waals surface area (Å²) in [5.41, 5.74) is 1.15. The number of benzene rings is 2. The zero-order valence-corrected chi connectivity index (χ0v) is 10.1. The van der Waals surface area contributed by atoms with Gasteiger partial charge in [0.2, 0.25) is 0 Å². The number of carbonyl (C=O) groups is 1. The molecular formula is C14H11FO4. The Labute approximate surface area is 109 Å². The van der Waals surface area contributed by atoms with Crippen molar-refractivity contribution >= 4 is 6.16 Å². The smallest absolute Gasteiger partial charge is 0.497 e. The number of hydrogen-bond acceptors (Lipinski definition) is 3. The van der Waals surface area contributed by atoms with Crippen LogP contribution >= 0.6 is 0 Å². The first-order valence-electron chi connectivity index (χ1n) is 5.45. The second-order valence-electron chi connectivity index (χ2n) is 3.74. The number of halogens is 1. The van der Waals surface area contributed by atoms with Crippen LogP contribution in [0.15, 0.2) is 42.5 Å². The van der Waals surface area contributed by atoms with Crippen LogP contribution in [0.1, 0.15) is 0 Å². The van der Waals surface area contributed by atoms with E-state index in [-0.39, 0.29) is 11.6 Å². The van der Waals surface area contributed by atoms with Crippen LogP contribution in [0.3, 0.4) is 0 Å². The van der Waals surface area contributed by atoms with Gasteiger partial charge in [-0.2, -0.15) is 0 Å². The molecule has 4 nitrogen and oxygen atoms in total. The maximum absolute atomic E-state index is 12.9. The van der Waals surface area contributed by atoms with Gasteiger partial charge in [-0.15, -0.1) is 0 Å². The van der Waals surface area contributed by atoms with Gasteiger partial charge in [-0.1, -0.05) is 12.1 Å². The van der Waals surface area contributed by atoms with Gasteiger partial charge in [0.25, 0.3) is 0 Å². The molecule has 2 rings (SSSR count). The molecule has 0 aromatic heterocycles. The zero-order chi connectivity index (χ0) is 13.8. The molecule has 0 spiro atoms. The van der Waals surface area contributed by atoms with Crippen molar-refractivity contribution in [2.24, 2.45) is 0 Å². The highest BCUT2D eigenvalue weighted by molar-refractivity contribution is 5.75. The molecule has 0 unspecified atom stereocenters. The van der Waals surface area contributed by atoms with Crippen molar-refractivity contribution in [2.45, 2.75) is 0 Å². The first-order valence-corrected chi connectivity index (χ1v) is 5.45. The second-order valence-corrected chi connectivity index (χ2v) is 3.74. The van der Waals surface area contributed by atoms with Gasteiger partial charge in [-0.05, 0) is 35.9 Å². The molecule has 0 saturated carbocycles. The molecule has 2 aromatic carbocycles. The zero-order valence-electron chi connectivity index (χ0n) is 10.1. The summed E-state index contributed by atoms with van der Waals surface area (Å²) in [4.78, 5) is 10.6. The van der Waals surface area contributed by atoms with Crippen molar-refractivity contribution in [3.63, 3.8) is 0 Å². The minimum Gasteiger partial charge on any atom is -0.497 e. The Bertz CT molecular complexity index is 593. The minimum absolute atomic E-state index is 0.167. The Morgan fingerprint density at radius 2 is 1.84 bits per heavy atom. The lowest BCUT2D eigenvalue weighted by Gasteiger charge is -2.10. The third-order valence-corrected chi connectivity index (χ3v) is 2.54. The Kier molecular flexibility index (Phi) is 3.66. The molecule has 0 heterocycles. The molecule has 98 valence electrons. The number of ether oxygens (including phenoxy) is 2. The van der Waals surface area contributed by atoms with Crippen LogP contribution in [0.5, 0.6) is 11.5 Å². The predicted molar refractivity (Wildman–Crippen MR) is 67.0 cm³/mol. The summed E-state index contributed by atoms with van der Waals surface area (Å²) >= 11 is 0.